The molecule has 2 aliphatic rings. The van der Waals surface area contributed by atoms with E-state index in [1.807, 2.05) is 35.9 Å². The molecule has 0 bridgehead atoms. The molecular weight excluding hydrogens is 402 g/mol. The van der Waals surface area contributed by atoms with E-state index in [9.17, 15) is 4.79 Å². The third-order valence-corrected chi connectivity index (χ3v) is 6.02. The molecule has 0 radical (unpaired) electrons. The molecule has 0 spiro atoms. The van der Waals surface area contributed by atoms with Crippen LogP contribution in [0.3, 0.4) is 0 Å². The Morgan fingerprint density at radius 3 is 2.73 bits per heavy atom. The minimum Gasteiger partial charge on any atom is -0.374 e. The third kappa shape index (κ3) is 5.59. The number of aromatic nitrogens is 3. The number of benzene rings is 1. The average Bonchev–Trinajstić information content (AvgIpc) is 3.15. The molecule has 8 heteroatoms. The summed E-state index contributed by atoms with van der Waals surface area (Å²) in [4.78, 5) is 12.8. The number of nitrogens with zero attached hydrogens (tertiary/aromatic N) is 3. The van der Waals surface area contributed by atoms with E-state index in [0.29, 0.717) is 24.4 Å². The second-order valence-electron chi connectivity index (χ2n) is 8.17. The zero-order chi connectivity index (χ0) is 20.1. The maximum atomic E-state index is 12.8. The molecule has 1 aromatic carbocycles. The Kier molecular flexibility index (Phi) is 8.24. The minimum absolute atomic E-state index is 0. The van der Waals surface area contributed by atoms with Gasteiger partial charge in [-0.3, -0.25) is 4.79 Å². The number of carbonyl (C=O) groups is 1. The Morgan fingerprint density at radius 2 is 1.97 bits per heavy atom. The zero-order valence-electron chi connectivity index (χ0n) is 17.6. The molecule has 1 aromatic heterocycles. The first-order valence-electron chi connectivity index (χ1n) is 10.8. The Hall–Kier alpha value is -1.96. The lowest BCUT2D eigenvalue weighted by Crippen LogP contribution is -2.30. The summed E-state index contributed by atoms with van der Waals surface area (Å²) in [6.07, 6.45) is 8.54. The lowest BCUT2D eigenvalue weighted by Gasteiger charge is -2.23. The molecule has 1 aliphatic carbocycles. The fourth-order valence-corrected chi connectivity index (χ4v) is 4.32. The number of carbonyl (C=O) groups excluding carboxylic acids is 1. The van der Waals surface area contributed by atoms with Crippen molar-refractivity contribution in [2.75, 3.05) is 18.4 Å². The summed E-state index contributed by atoms with van der Waals surface area (Å²) < 4.78 is 7.97. The molecule has 164 valence electrons. The van der Waals surface area contributed by atoms with Crippen LogP contribution in [0.5, 0.6) is 0 Å². The second-order valence-corrected chi connectivity index (χ2v) is 8.17. The summed E-state index contributed by atoms with van der Waals surface area (Å²) >= 11 is 0. The highest BCUT2D eigenvalue weighted by atomic mass is 35.5. The number of anilines is 1. The van der Waals surface area contributed by atoms with E-state index < -0.39 is 0 Å². The molecule has 30 heavy (non-hydrogen) atoms. The molecule has 4 rings (SSSR count). The van der Waals surface area contributed by atoms with Crippen LogP contribution in [0.15, 0.2) is 24.3 Å². The van der Waals surface area contributed by atoms with Gasteiger partial charge in [-0.1, -0.05) is 36.6 Å². The summed E-state index contributed by atoms with van der Waals surface area (Å²) in [6, 6.07) is 8.18. The Labute approximate surface area is 184 Å². The smallest absolute Gasteiger partial charge is 0.278 e. The molecule has 0 atom stereocenters. The van der Waals surface area contributed by atoms with Gasteiger partial charge in [0.05, 0.1) is 24.4 Å². The number of ether oxygens (including phenoxy) is 1. The summed E-state index contributed by atoms with van der Waals surface area (Å²) in [7, 11) is 0. The van der Waals surface area contributed by atoms with Gasteiger partial charge in [0.1, 0.15) is 0 Å². The molecule has 2 N–H and O–H groups in total. The van der Waals surface area contributed by atoms with Gasteiger partial charge in [0.2, 0.25) is 0 Å². The second kappa shape index (κ2) is 10.9. The topological polar surface area (TPSA) is 81.1 Å². The van der Waals surface area contributed by atoms with Gasteiger partial charge in [-0.25, -0.2) is 4.68 Å². The molecule has 0 unspecified atom stereocenters. The van der Waals surface area contributed by atoms with Crippen molar-refractivity contribution in [3.63, 3.8) is 0 Å². The van der Waals surface area contributed by atoms with Gasteiger partial charge in [-0.2, -0.15) is 0 Å². The number of hydrogen-bond donors (Lipinski definition) is 2. The van der Waals surface area contributed by atoms with Crippen LogP contribution in [-0.2, 0) is 11.3 Å². The fraction of sp³-hybridized carbons (Fsp3) is 0.591. The van der Waals surface area contributed by atoms with Crippen LogP contribution < -0.4 is 10.6 Å². The van der Waals surface area contributed by atoms with Crippen molar-refractivity contribution in [1.82, 2.24) is 20.3 Å². The first-order chi connectivity index (χ1) is 14.2. The largest absolute Gasteiger partial charge is 0.374 e. The third-order valence-electron chi connectivity index (χ3n) is 6.02. The van der Waals surface area contributed by atoms with E-state index in [4.69, 9.17) is 4.74 Å². The Morgan fingerprint density at radius 1 is 1.20 bits per heavy atom. The van der Waals surface area contributed by atoms with Crippen LogP contribution in [0.4, 0.5) is 5.69 Å². The van der Waals surface area contributed by atoms with Crippen molar-refractivity contribution in [2.24, 2.45) is 0 Å². The van der Waals surface area contributed by atoms with Crippen molar-refractivity contribution < 1.29 is 9.53 Å². The number of hydrogen-bond acceptors (Lipinski definition) is 5. The van der Waals surface area contributed by atoms with Crippen LogP contribution in [-0.4, -0.2) is 40.1 Å². The lowest BCUT2D eigenvalue weighted by molar-refractivity contribution is 0.0169. The van der Waals surface area contributed by atoms with Crippen molar-refractivity contribution in [1.29, 1.82) is 0 Å². The van der Waals surface area contributed by atoms with Crippen molar-refractivity contribution in [3.8, 4) is 0 Å². The van der Waals surface area contributed by atoms with Crippen LogP contribution >= 0.6 is 12.4 Å². The average molecular weight is 434 g/mol. The lowest BCUT2D eigenvalue weighted by atomic mass is 9.98. The SMILES string of the molecule is Cc1c(C(=O)Nc2cccc(COC3CCCCC3)c2)nnn1C1CCNCC1.Cl. The van der Waals surface area contributed by atoms with E-state index in [1.165, 1.54) is 19.3 Å². The number of rotatable bonds is 6. The normalized spacial score (nSPS) is 18.0. The first-order valence-corrected chi connectivity index (χ1v) is 10.8. The van der Waals surface area contributed by atoms with Crippen molar-refractivity contribution >= 4 is 24.0 Å². The monoisotopic (exact) mass is 433 g/mol. The van der Waals surface area contributed by atoms with Gasteiger partial charge >= 0.3 is 0 Å². The molecular formula is C22H32ClN5O2. The number of halogens is 1. The molecule has 2 heterocycles. The van der Waals surface area contributed by atoms with E-state index in [0.717, 1.165) is 55.7 Å². The zero-order valence-corrected chi connectivity index (χ0v) is 18.4. The molecule has 2 fully saturated rings. The molecule has 2 aromatic rings. The van der Waals surface area contributed by atoms with Gasteiger partial charge in [-0.05, 0) is 63.4 Å². The van der Waals surface area contributed by atoms with Crippen LogP contribution in [0.25, 0.3) is 0 Å². The first kappa shape index (κ1) is 22.7. The maximum Gasteiger partial charge on any atom is 0.278 e. The highest BCUT2D eigenvalue weighted by molar-refractivity contribution is 6.03. The summed E-state index contributed by atoms with van der Waals surface area (Å²) in [5.74, 6) is -0.215. The number of piperidine rings is 1. The van der Waals surface area contributed by atoms with E-state index >= 15 is 0 Å². The molecule has 1 saturated carbocycles. The van der Waals surface area contributed by atoms with Crippen molar-refractivity contribution in [3.05, 3.63) is 41.2 Å². The maximum absolute atomic E-state index is 12.8. The van der Waals surface area contributed by atoms with E-state index in [-0.39, 0.29) is 18.3 Å². The fourth-order valence-electron chi connectivity index (χ4n) is 4.32. The van der Waals surface area contributed by atoms with Gasteiger partial charge in [0, 0.05) is 5.69 Å². The van der Waals surface area contributed by atoms with Gasteiger partial charge in [-0.15, -0.1) is 17.5 Å². The van der Waals surface area contributed by atoms with E-state index in [2.05, 4.69) is 20.9 Å². The summed E-state index contributed by atoms with van der Waals surface area (Å²) in [6.45, 7) is 4.45. The van der Waals surface area contributed by atoms with Gasteiger partial charge in [0.15, 0.2) is 5.69 Å². The Bertz CT molecular complexity index is 829. The van der Waals surface area contributed by atoms with Crippen LogP contribution in [0.1, 0.15) is 72.7 Å². The van der Waals surface area contributed by atoms with Crippen molar-refractivity contribution in [2.45, 2.75) is 70.6 Å². The van der Waals surface area contributed by atoms with Gasteiger partial charge in [0.25, 0.3) is 5.91 Å². The highest BCUT2D eigenvalue weighted by Gasteiger charge is 2.23. The number of nitrogens with one attached hydrogen (secondary N) is 2. The molecule has 7 nitrogen and oxygen atoms in total. The minimum atomic E-state index is -0.215. The predicted molar refractivity (Wildman–Crippen MR) is 119 cm³/mol. The summed E-state index contributed by atoms with van der Waals surface area (Å²) in [5, 5.41) is 14.7. The quantitative estimate of drug-likeness (QED) is 0.718. The standard InChI is InChI=1S/C22H31N5O2.ClH/c1-16-21(25-26-27(16)19-10-12-23-13-11-19)22(28)24-18-7-5-6-17(14-18)15-29-20-8-3-2-4-9-20;/h5-7,14,19-20,23H,2-4,8-13,15H2,1H3,(H,24,28);1H. The van der Waals surface area contributed by atoms with Crippen LogP contribution in [0, 0.1) is 6.92 Å². The van der Waals surface area contributed by atoms with Gasteiger partial charge < -0.3 is 15.4 Å². The van der Waals surface area contributed by atoms with Crippen LogP contribution in [0.2, 0.25) is 0 Å². The molecule has 1 amide bonds. The molecule has 1 aliphatic heterocycles. The highest BCUT2D eigenvalue weighted by Crippen LogP contribution is 2.23. The summed E-state index contributed by atoms with van der Waals surface area (Å²) in [5.41, 5.74) is 3.05. The number of amides is 1. The Balaban J connectivity index is 0.00000256. The predicted octanol–water partition coefficient (Wildman–Crippen LogP) is 4.03. The molecule has 1 saturated heterocycles. The van der Waals surface area contributed by atoms with E-state index in [1.54, 1.807) is 0 Å².